The number of carbonyl (C=O) groups is 1. The Balaban J connectivity index is 2.07. The molecule has 0 saturated heterocycles. The minimum absolute atomic E-state index is 0.311. The molecule has 1 N–H and O–H groups in total. The zero-order valence-electron chi connectivity index (χ0n) is 12.2. The molecule has 0 radical (unpaired) electrons. The molecule has 0 aliphatic rings. The highest BCUT2D eigenvalue weighted by atomic mass is 32.1. The largest absolute Gasteiger partial charge is 0.335 e. The van der Waals surface area contributed by atoms with Gasteiger partial charge in [-0.2, -0.15) is 10.4 Å². The molecular weight excluding hydrogens is 286 g/mol. The summed E-state index contributed by atoms with van der Waals surface area (Å²) in [6, 6.07) is 1.62. The third-order valence-corrected chi connectivity index (χ3v) is 3.75. The zero-order valence-corrected chi connectivity index (χ0v) is 13.0. The fourth-order valence-electron chi connectivity index (χ4n) is 1.89. The lowest BCUT2D eigenvalue weighted by atomic mass is 10.0. The average Bonchev–Trinajstić information content (AvgIpc) is 3.05. The van der Waals surface area contributed by atoms with E-state index in [0.29, 0.717) is 18.0 Å². The summed E-state index contributed by atoms with van der Waals surface area (Å²) in [6.07, 6.45) is 4.18. The van der Waals surface area contributed by atoms with Gasteiger partial charge < -0.3 is 5.32 Å². The summed E-state index contributed by atoms with van der Waals surface area (Å²) < 4.78 is 1.69. The Morgan fingerprint density at radius 3 is 2.90 bits per heavy atom. The van der Waals surface area contributed by atoms with Crippen molar-refractivity contribution >= 4 is 17.2 Å². The van der Waals surface area contributed by atoms with E-state index in [1.807, 2.05) is 27.1 Å². The molecule has 1 amide bonds. The highest BCUT2D eigenvalue weighted by Crippen LogP contribution is 2.22. The fraction of sp³-hybridized carbons (Fsp3) is 0.429. The molecule has 0 aliphatic carbocycles. The first-order valence-electron chi connectivity index (χ1n) is 6.64. The Kier molecular flexibility index (Phi) is 4.70. The molecule has 2 heterocycles. The van der Waals surface area contributed by atoms with Crippen LogP contribution in [-0.2, 0) is 7.05 Å². The molecule has 0 bridgehead atoms. The third kappa shape index (κ3) is 3.89. The first-order chi connectivity index (χ1) is 9.99. The van der Waals surface area contributed by atoms with Crippen molar-refractivity contribution < 1.29 is 4.79 Å². The number of carbonyl (C=O) groups excluding carboxylic acids is 1. The fourth-order valence-corrected chi connectivity index (χ4v) is 2.67. The van der Waals surface area contributed by atoms with Gasteiger partial charge in [-0.1, -0.05) is 13.8 Å². The van der Waals surface area contributed by atoms with Crippen LogP contribution < -0.4 is 5.32 Å². The lowest BCUT2D eigenvalue weighted by Gasteiger charge is -2.12. The van der Waals surface area contributed by atoms with Crippen LogP contribution in [0.4, 0.5) is 0 Å². The van der Waals surface area contributed by atoms with Crippen LogP contribution in [0.3, 0.4) is 0 Å². The first kappa shape index (κ1) is 15.2. The van der Waals surface area contributed by atoms with Gasteiger partial charge >= 0.3 is 0 Å². The summed E-state index contributed by atoms with van der Waals surface area (Å²) in [5, 5.41) is 18.3. The Labute approximate surface area is 127 Å². The topological polar surface area (TPSA) is 83.6 Å². The van der Waals surface area contributed by atoms with E-state index in [1.165, 1.54) is 11.3 Å². The predicted molar refractivity (Wildman–Crippen MR) is 80.6 cm³/mol. The highest BCUT2D eigenvalue weighted by Gasteiger charge is 2.17. The number of nitriles is 1. The van der Waals surface area contributed by atoms with Gasteiger partial charge in [-0.15, -0.1) is 11.3 Å². The number of amides is 1. The third-order valence-electron chi connectivity index (χ3n) is 2.86. The Morgan fingerprint density at radius 2 is 2.33 bits per heavy atom. The van der Waals surface area contributed by atoms with Crippen LogP contribution in [0.2, 0.25) is 0 Å². The maximum atomic E-state index is 12.1. The summed E-state index contributed by atoms with van der Waals surface area (Å²) in [4.78, 5) is 16.4. The number of hydrogen-bond acceptors (Lipinski definition) is 5. The van der Waals surface area contributed by atoms with Crippen molar-refractivity contribution in [2.45, 2.75) is 26.3 Å². The molecule has 2 aromatic heterocycles. The molecule has 2 rings (SSSR count). The minimum atomic E-state index is -0.485. The molecule has 110 valence electrons. The lowest BCUT2D eigenvalue weighted by molar-refractivity contribution is 0.0938. The number of aryl methyl sites for hydroxylation is 1. The number of rotatable bonds is 5. The van der Waals surface area contributed by atoms with Crippen LogP contribution >= 0.6 is 11.3 Å². The minimum Gasteiger partial charge on any atom is -0.335 e. The van der Waals surface area contributed by atoms with Gasteiger partial charge in [-0.3, -0.25) is 9.48 Å². The van der Waals surface area contributed by atoms with Crippen LogP contribution in [-0.4, -0.2) is 26.7 Å². The summed E-state index contributed by atoms with van der Waals surface area (Å²) in [5.74, 6) is 0.0323. The number of nitrogens with zero attached hydrogens (tertiary/aromatic N) is 4. The van der Waals surface area contributed by atoms with Crippen LogP contribution in [0.15, 0.2) is 17.8 Å². The summed E-state index contributed by atoms with van der Waals surface area (Å²) in [5.41, 5.74) is 1.21. The van der Waals surface area contributed by atoms with E-state index in [4.69, 9.17) is 5.26 Å². The Bertz CT molecular complexity index is 667. The maximum Gasteiger partial charge on any atom is 0.271 e. The molecule has 0 aromatic carbocycles. The zero-order chi connectivity index (χ0) is 15.4. The summed E-state index contributed by atoms with van der Waals surface area (Å²) >= 11 is 1.38. The van der Waals surface area contributed by atoms with Gasteiger partial charge in [0.2, 0.25) is 0 Å². The predicted octanol–water partition coefficient (Wildman–Crippen LogP) is 2.21. The molecule has 1 atom stereocenters. The summed E-state index contributed by atoms with van der Waals surface area (Å²) in [7, 11) is 1.83. The average molecular weight is 303 g/mol. The van der Waals surface area contributed by atoms with Gasteiger partial charge in [0.1, 0.15) is 16.7 Å². The number of thiazole rings is 1. The monoisotopic (exact) mass is 303 g/mol. The van der Waals surface area contributed by atoms with Crippen LogP contribution in [0.1, 0.15) is 30.8 Å². The van der Waals surface area contributed by atoms with Crippen molar-refractivity contribution in [3.05, 3.63) is 23.5 Å². The van der Waals surface area contributed by atoms with Crippen molar-refractivity contribution in [2.24, 2.45) is 13.0 Å². The number of hydrogen-bond donors (Lipinski definition) is 1. The highest BCUT2D eigenvalue weighted by molar-refractivity contribution is 7.13. The van der Waals surface area contributed by atoms with Gasteiger partial charge in [0, 0.05) is 24.2 Å². The van der Waals surface area contributed by atoms with Gasteiger partial charge in [-0.05, 0) is 12.3 Å². The van der Waals surface area contributed by atoms with Gasteiger partial charge in [0.25, 0.3) is 5.91 Å². The molecule has 21 heavy (non-hydrogen) atoms. The molecule has 7 heteroatoms. The number of nitrogens with one attached hydrogen (secondary N) is 1. The van der Waals surface area contributed by atoms with E-state index in [1.54, 1.807) is 16.3 Å². The van der Waals surface area contributed by atoms with Crippen LogP contribution in [0, 0.1) is 17.2 Å². The van der Waals surface area contributed by atoms with E-state index in [-0.39, 0.29) is 5.91 Å². The van der Waals surface area contributed by atoms with Gasteiger partial charge in [0.15, 0.2) is 0 Å². The molecule has 0 fully saturated rings. The number of aromatic nitrogens is 3. The molecular formula is C14H17N5OS. The Hall–Kier alpha value is -2.20. The molecule has 2 aromatic rings. The van der Waals surface area contributed by atoms with E-state index in [9.17, 15) is 4.79 Å². The van der Waals surface area contributed by atoms with Crippen LogP contribution in [0.5, 0.6) is 0 Å². The molecule has 0 spiro atoms. The molecule has 0 aliphatic heterocycles. The first-order valence-corrected chi connectivity index (χ1v) is 7.52. The van der Waals surface area contributed by atoms with E-state index >= 15 is 0 Å². The SMILES string of the molecule is CC(C)C[C@@H](C#N)NC(=O)c1csc(-c2cnn(C)c2)n1. The lowest BCUT2D eigenvalue weighted by Crippen LogP contribution is -2.34. The van der Waals surface area contributed by atoms with E-state index < -0.39 is 6.04 Å². The van der Waals surface area contributed by atoms with Gasteiger partial charge in [0.05, 0.1) is 12.3 Å². The quantitative estimate of drug-likeness (QED) is 0.918. The van der Waals surface area contributed by atoms with Crippen LogP contribution in [0.25, 0.3) is 10.6 Å². The molecule has 6 nitrogen and oxygen atoms in total. The van der Waals surface area contributed by atoms with Crippen molar-refractivity contribution in [1.82, 2.24) is 20.1 Å². The molecule has 0 saturated carbocycles. The standard InChI is InChI=1S/C14H17N5OS/c1-9(2)4-11(5-15)17-13(20)12-8-21-14(18-12)10-6-16-19(3)7-10/h6-9,11H,4H2,1-3H3,(H,17,20)/t11-/m0/s1. The van der Waals surface area contributed by atoms with Crippen molar-refractivity contribution in [2.75, 3.05) is 0 Å². The van der Waals surface area contributed by atoms with Crippen molar-refractivity contribution in [3.63, 3.8) is 0 Å². The van der Waals surface area contributed by atoms with Crippen molar-refractivity contribution in [1.29, 1.82) is 5.26 Å². The normalized spacial score (nSPS) is 12.1. The van der Waals surface area contributed by atoms with E-state index in [0.717, 1.165) is 10.6 Å². The Morgan fingerprint density at radius 1 is 1.57 bits per heavy atom. The maximum absolute atomic E-state index is 12.1. The second-order valence-corrected chi connectivity index (χ2v) is 6.08. The second kappa shape index (κ2) is 6.50. The van der Waals surface area contributed by atoms with Gasteiger partial charge in [-0.25, -0.2) is 4.98 Å². The summed E-state index contributed by atoms with van der Waals surface area (Å²) in [6.45, 7) is 4.03. The molecule has 0 unspecified atom stereocenters. The smallest absolute Gasteiger partial charge is 0.271 e. The second-order valence-electron chi connectivity index (χ2n) is 5.23. The van der Waals surface area contributed by atoms with Crippen molar-refractivity contribution in [3.8, 4) is 16.6 Å². The van der Waals surface area contributed by atoms with E-state index in [2.05, 4.69) is 21.5 Å².